The van der Waals surface area contributed by atoms with E-state index >= 15 is 0 Å². The summed E-state index contributed by atoms with van der Waals surface area (Å²) in [5.41, 5.74) is 1.25. The number of anilines is 1. The summed E-state index contributed by atoms with van der Waals surface area (Å²) in [5.74, 6) is -0.842. The molecule has 13 nitrogen and oxygen atoms in total. The normalized spacial score (nSPS) is 20.6. The summed E-state index contributed by atoms with van der Waals surface area (Å²) >= 11 is 12.2. The molecule has 0 radical (unpaired) electrons. The molecule has 0 bridgehead atoms. The van der Waals surface area contributed by atoms with Crippen molar-refractivity contribution in [1.82, 2.24) is 20.9 Å². The van der Waals surface area contributed by atoms with Gasteiger partial charge in [0.15, 0.2) is 0 Å². The second-order valence-electron chi connectivity index (χ2n) is 18.5. The van der Waals surface area contributed by atoms with Crippen molar-refractivity contribution in [1.29, 1.82) is 5.26 Å². The van der Waals surface area contributed by atoms with Gasteiger partial charge in [0.1, 0.15) is 36.6 Å². The van der Waals surface area contributed by atoms with E-state index in [9.17, 15) is 29.5 Å². The Bertz CT molecular complexity index is 2080. The molecule has 3 aromatic rings. The number of hydrogen-bond acceptors (Lipinski definition) is 9. The maximum absolute atomic E-state index is 13.8. The number of β-amino-alcohol motifs (C(OH)–C–C–N with tert-alkyl or cyclic N) is 1. The Kier molecular flexibility index (Phi) is 16.0. The van der Waals surface area contributed by atoms with E-state index in [1.165, 1.54) is 4.90 Å². The van der Waals surface area contributed by atoms with E-state index in [0.717, 1.165) is 30.5 Å². The number of carbonyl (C=O) groups excluding carboxylic acids is 4. The summed E-state index contributed by atoms with van der Waals surface area (Å²) in [6.45, 7) is 14.9. The number of nitrogens with one attached hydrogen (secondary N) is 4. The number of halogens is 2. The highest BCUT2D eigenvalue weighted by molar-refractivity contribution is 6.31. The van der Waals surface area contributed by atoms with Gasteiger partial charge in [-0.15, -0.1) is 0 Å². The fourth-order valence-electron chi connectivity index (χ4n) is 8.69. The topological polar surface area (TPSA) is 182 Å². The van der Waals surface area contributed by atoms with Crippen molar-refractivity contribution in [2.45, 2.75) is 111 Å². The van der Waals surface area contributed by atoms with E-state index in [1.54, 1.807) is 54.6 Å². The molecule has 0 spiro atoms. The van der Waals surface area contributed by atoms with Crippen molar-refractivity contribution >= 4 is 52.5 Å². The molecular weight excluding hydrogens is 831 g/mol. The number of benzene rings is 3. The number of aliphatic hydroxyl groups is 1. The van der Waals surface area contributed by atoms with Crippen LogP contribution in [0.5, 0.6) is 5.75 Å². The summed E-state index contributed by atoms with van der Waals surface area (Å²) < 4.78 is 12.0. The molecule has 1 aliphatic carbocycles. The smallest absolute Gasteiger partial charge is 0.251 e. The van der Waals surface area contributed by atoms with Crippen LogP contribution in [-0.4, -0.2) is 90.3 Å². The van der Waals surface area contributed by atoms with Crippen molar-refractivity contribution in [2.24, 2.45) is 16.2 Å². The second kappa shape index (κ2) is 20.5. The van der Waals surface area contributed by atoms with Crippen LogP contribution in [0.4, 0.5) is 5.69 Å². The monoisotopic (exact) mass is 890 g/mol. The zero-order valence-electron chi connectivity index (χ0n) is 36.6. The number of carbonyl (C=O) groups is 4. The predicted octanol–water partition coefficient (Wildman–Crippen LogP) is 6.88. The van der Waals surface area contributed by atoms with Crippen LogP contribution in [0, 0.1) is 27.6 Å². The van der Waals surface area contributed by atoms with Crippen molar-refractivity contribution in [3.8, 4) is 11.8 Å². The van der Waals surface area contributed by atoms with Crippen LogP contribution < -0.4 is 26.0 Å². The molecule has 4 amide bonds. The molecule has 1 saturated heterocycles. The number of nitriles is 1. The van der Waals surface area contributed by atoms with Gasteiger partial charge in [-0.05, 0) is 78.8 Å². The minimum atomic E-state index is -0.942. The molecule has 15 heteroatoms. The number of amides is 4. The van der Waals surface area contributed by atoms with Gasteiger partial charge in [0.05, 0.1) is 16.7 Å². The molecule has 62 heavy (non-hydrogen) atoms. The predicted molar refractivity (Wildman–Crippen MR) is 240 cm³/mol. The van der Waals surface area contributed by atoms with E-state index < -0.39 is 35.4 Å². The van der Waals surface area contributed by atoms with E-state index in [1.807, 2.05) is 32.9 Å². The lowest BCUT2D eigenvalue weighted by atomic mass is 9.49. The maximum atomic E-state index is 13.8. The standard InChI is InChI=1S/C47H60Cl2N6O7/c1-45(2,3)39(42(60)55-27-34(56)23-37(55)41(59)52-26-29-11-16-32(48)17-12-29)53-38(57)28-61-22-10-8-9-21-51-33-18-13-30(14-19-33)40(58)54-43-46(4,5)44(47(43,6)7)62-35-20-15-31(25-50)36(49)24-35/h11-20,24,34,37,39,43-44,51,56H,8-10,21-23,26-28H2,1-7H3,(H,52,59)(H,53,57)(H,54,58)/t34-,37+,39-,43-,44-/m1/s1. The Balaban J connectivity index is 0.989. The Labute approximate surface area is 375 Å². The molecular formula is C47H60Cl2N6O7. The number of aliphatic hydroxyl groups excluding tert-OH is 1. The van der Waals surface area contributed by atoms with Gasteiger partial charge in [-0.3, -0.25) is 19.2 Å². The highest BCUT2D eigenvalue weighted by Crippen LogP contribution is 2.55. The lowest BCUT2D eigenvalue weighted by molar-refractivity contribution is -0.164. The summed E-state index contributed by atoms with van der Waals surface area (Å²) in [6.07, 6.45) is 1.48. The van der Waals surface area contributed by atoms with Gasteiger partial charge in [0, 0.05) is 71.9 Å². The second-order valence-corrected chi connectivity index (χ2v) is 19.4. The third-order valence-electron chi connectivity index (χ3n) is 11.8. The number of likely N-dealkylation sites (tertiary alicyclic amines) is 1. The lowest BCUT2D eigenvalue weighted by Crippen LogP contribution is -2.74. The third kappa shape index (κ3) is 12.0. The molecule has 5 N–H and O–H groups in total. The van der Waals surface area contributed by atoms with Crippen LogP contribution in [-0.2, 0) is 25.7 Å². The molecule has 334 valence electrons. The van der Waals surface area contributed by atoms with Crippen molar-refractivity contribution in [2.75, 3.05) is 31.6 Å². The van der Waals surface area contributed by atoms with Crippen molar-refractivity contribution in [3.63, 3.8) is 0 Å². The number of hydrogen-bond donors (Lipinski definition) is 5. The first-order valence-electron chi connectivity index (χ1n) is 21.1. The Morgan fingerprint density at radius 1 is 0.952 bits per heavy atom. The number of rotatable bonds is 18. The fraction of sp³-hybridized carbons (Fsp3) is 0.511. The molecule has 3 atom stereocenters. The van der Waals surface area contributed by atoms with Gasteiger partial charge in [-0.1, -0.05) is 83.8 Å². The maximum Gasteiger partial charge on any atom is 0.251 e. The molecule has 0 aromatic heterocycles. The summed E-state index contributed by atoms with van der Waals surface area (Å²) in [4.78, 5) is 54.7. The van der Waals surface area contributed by atoms with Gasteiger partial charge >= 0.3 is 0 Å². The fourth-order valence-corrected chi connectivity index (χ4v) is 9.02. The molecule has 1 saturated carbocycles. The summed E-state index contributed by atoms with van der Waals surface area (Å²) in [6, 6.07) is 19.5. The first-order valence-corrected chi connectivity index (χ1v) is 21.9. The highest BCUT2D eigenvalue weighted by atomic mass is 35.5. The number of ether oxygens (including phenoxy) is 2. The minimum absolute atomic E-state index is 0.00985. The molecule has 5 rings (SSSR count). The Morgan fingerprint density at radius 3 is 2.26 bits per heavy atom. The molecule has 0 unspecified atom stereocenters. The average Bonchev–Trinajstić information content (AvgIpc) is 3.62. The lowest BCUT2D eigenvalue weighted by Gasteiger charge is -2.63. The van der Waals surface area contributed by atoms with Gasteiger partial charge in [0.25, 0.3) is 5.91 Å². The summed E-state index contributed by atoms with van der Waals surface area (Å²) in [7, 11) is 0. The largest absolute Gasteiger partial charge is 0.489 e. The van der Waals surface area contributed by atoms with E-state index in [0.29, 0.717) is 40.1 Å². The van der Waals surface area contributed by atoms with Gasteiger partial charge in [0.2, 0.25) is 17.7 Å². The van der Waals surface area contributed by atoms with Gasteiger partial charge in [-0.25, -0.2) is 0 Å². The van der Waals surface area contributed by atoms with E-state index in [-0.39, 0.29) is 60.9 Å². The molecule has 2 fully saturated rings. The van der Waals surface area contributed by atoms with Gasteiger partial charge < -0.3 is 40.7 Å². The van der Waals surface area contributed by atoms with Crippen molar-refractivity contribution < 1.29 is 33.8 Å². The van der Waals surface area contributed by atoms with Crippen LogP contribution in [0.15, 0.2) is 66.7 Å². The third-order valence-corrected chi connectivity index (χ3v) is 12.3. The highest BCUT2D eigenvalue weighted by Gasteiger charge is 2.64. The van der Waals surface area contributed by atoms with Crippen molar-refractivity contribution in [3.05, 3.63) is 93.5 Å². The zero-order valence-corrected chi connectivity index (χ0v) is 38.2. The van der Waals surface area contributed by atoms with Crippen LogP contribution in [0.3, 0.4) is 0 Å². The van der Waals surface area contributed by atoms with Crippen LogP contribution in [0.2, 0.25) is 10.0 Å². The number of unbranched alkanes of at least 4 members (excludes halogenated alkanes) is 2. The molecule has 1 aliphatic heterocycles. The summed E-state index contributed by atoms with van der Waals surface area (Å²) in [5, 5.41) is 32.8. The van der Waals surface area contributed by atoms with E-state index in [2.05, 4.69) is 55.0 Å². The minimum Gasteiger partial charge on any atom is -0.489 e. The Hall–Kier alpha value is -4.87. The van der Waals surface area contributed by atoms with Crippen LogP contribution >= 0.6 is 23.2 Å². The van der Waals surface area contributed by atoms with Crippen LogP contribution in [0.1, 0.15) is 95.6 Å². The zero-order chi connectivity index (χ0) is 45.4. The van der Waals surface area contributed by atoms with Gasteiger partial charge in [-0.2, -0.15) is 5.26 Å². The molecule has 1 heterocycles. The average molecular weight is 892 g/mol. The Morgan fingerprint density at radius 2 is 1.63 bits per heavy atom. The first kappa shape index (κ1) is 48.2. The molecule has 2 aliphatic rings. The quantitative estimate of drug-likeness (QED) is 0.0851. The number of nitrogens with zero attached hydrogens (tertiary/aromatic N) is 2. The van der Waals surface area contributed by atoms with E-state index in [4.69, 9.17) is 32.7 Å². The first-order chi connectivity index (χ1) is 29.2. The SMILES string of the molecule is CC(C)(C)[C@H](NC(=O)COCCCCCNc1ccc(C(=O)N[C@H]2C(C)(C)[C@H](Oc3ccc(C#N)c(Cl)c3)C2(C)C)cc1)C(=O)N1C[C@H](O)C[C@H]1C(=O)NCc1ccc(Cl)cc1. The molecule has 3 aromatic carbocycles. The van der Waals surface area contributed by atoms with Crippen LogP contribution in [0.25, 0.3) is 0 Å².